The van der Waals surface area contributed by atoms with Crippen molar-refractivity contribution in [1.82, 2.24) is 0 Å². The van der Waals surface area contributed by atoms with E-state index >= 15 is 0 Å². The molecule has 0 atom stereocenters. The van der Waals surface area contributed by atoms with Crippen LogP contribution < -0.4 is 0 Å². The Kier molecular flexibility index (Phi) is 17700. The van der Waals surface area contributed by atoms with E-state index in [0.717, 1.165) is 0 Å². The molecule has 0 aliphatic carbocycles. The molecule has 10 heteroatoms. The topological polar surface area (TPSA) is 158 Å². The van der Waals surface area contributed by atoms with Crippen molar-refractivity contribution in [3.63, 3.8) is 0 Å². The van der Waals surface area contributed by atoms with Crippen molar-refractivity contribution in [2.45, 2.75) is 0 Å². The molecule has 0 bridgehead atoms. The molecule has 0 spiro atoms. The van der Waals surface area contributed by atoms with Gasteiger partial charge in [-0.2, -0.15) is 0 Å². The molecule has 0 rings (SSSR count). The van der Waals surface area contributed by atoms with Crippen LogP contribution in [0.1, 0.15) is 0 Å². The smallest absolute Gasteiger partial charge is 0 e. The third kappa shape index (κ3) is 266. The Morgan fingerprint density at radius 1 is 0.300 bits per heavy atom. The third-order valence-electron chi connectivity index (χ3n) is 0. The maximum absolute atomic E-state index is 0. The van der Waals surface area contributed by atoms with Gasteiger partial charge in [0.15, 0.2) is 0 Å². The second-order valence-electron chi connectivity index (χ2n) is 0. The Balaban J connectivity index is 0. The zero-order valence-corrected chi connectivity index (χ0v) is 9.99. The van der Waals surface area contributed by atoms with Crippen LogP contribution in [0.4, 0.5) is 0 Å². The van der Waals surface area contributed by atoms with Gasteiger partial charge in [-0.1, -0.05) is 0 Å². The fourth-order valence-electron chi connectivity index (χ4n) is 0. The SMILES string of the molecule is Cl.Cl.Cl.Cl.O.O.O.O.O.[Pt]. The molecule has 5 nitrogen and oxygen atoms in total. The number of rotatable bonds is 0. The molecular formula is H14Cl4O5Pt. The summed E-state index contributed by atoms with van der Waals surface area (Å²) >= 11 is 0. The van der Waals surface area contributed by atoms with Crippen LogP contribution in [-0.4, -0.2) is 27.4 Å². The predicted octanol–water partition coefficient (Wildman–Crippen LogP) is -2.44. The summed E-state index contributed by atoms with van der Waals surface area (Å²) in [6, 6.07) is 0. The Morgan fingerprint density at radius 2 is 0.300 bits per heavy atom. The normalized spacial score (nSPS) is 0. The van der Waals surface area contributed by atoms with Gasteiger partial charge in [0, 0.05) is 21.1 Å². The van der Waals surface area contributed by atoms with Gasteiger partial charge in [-0.05, 0) is 0 Å². The summed E-state index contributed by atoms with van der Waals surface area (Å²) in [5, 5.41) is 0. The minimum Gasteiger partial charge on any atom is -0.412 e. The van der Waals surface area contributed by atoms with Crippen LogP contribution >= 0.6 is 49.6 Å². The maximum atomic E-state index is 0. The van der Waals surface area contributed by atoms with Gasteiger partial charge in [0.05, 0.1) is 0 Å². The van der Waals surface area contributed by atoms with Gasteiger partial charge in [0.25, 0.3) is 0 Å². The van der Waals surface area contributed by atoms with E-state index in [2.05, 4.69) is 0 Å². The van der Waals surface area contributed by atoms with E-state index < -0.39 is 0 Å². The van der Waals surface area contributed by atoms with Gasteiger partial charge in [-0.3, -0.25) is 0 Å². The molecule has 82 valence electrons. The molecule has 10 N–H and O–H groups in total. The molecule has 0 unspecified atom stereocenters. The molecule has 0 fully saturated rings. The van der Waals surface area contributed by atoms with Gasteiger partial charge < -0.3 is 27.4 Å². The van der Waals surface area contributed by atoms with Crippen LogP contribution in [0.25, 0.3) is 0 Å². The van der Waals surface area contributed by atoms with Crippen LogP contribution in [0, 0.1) is 0 Å². The second-order valence-corrected chi connectivity index (χ2v) is 0. The van der Waals surface area contributed by atoms with Crippen LogP contribution in [0.5, 0.6) is 0 Å². The number of hydrogen-bond acceptors (Lipinski definition) is 0. The van der Waals surface area contributed by atoms with Gasteiger partial charge in [-0.15, -0.1) is 49.6 Å². The molecule has 0 amide bonds. The average molecular weight is 431 g/mol. The van der Waals surface area contributed by atoms with E-state index in [-0.39, 0.29) is 98.1 Å². The molecule has 0 aliphatic heterocycles. The first kappa shape index (κ1) is 486. The van der Waals surface area contributed by atoms with E-state index in [0.29, 0.717) is 0 Å². The third-order valence-corrected chi connectivity index (χ3v) is 0. The van der Waals surface area contributed by atoms with E-state index in [4.69, 9.17) is 0 Å². The van der Waals surface area contributed by atoms with Gasteiger partial charge in [-0.25, -0.2) is 0 Å². The van der Waals surface area contributed by atoms with E-state index in [9.17, 15) is 0 Å². The quantitative estimate of drug-likeness (QED) is 0.400. The van der Waals surface area contributed by atoms with Crippen molar-refractivity contribution in [2.75, 3.05) is 0 Å². The monoisotopic (exact) mass is 429 g/mol. The van der Waals surface area contributed by atoms with E-state index in [1.165, 1.54) is 0 Å². The first-order valence-electron chi connectivity index (χ1n) is 0. The summed E-state index contributed by atoms with van der Waals surface area (Å²) < 4.78 is 0. The molecule has 0 saturated heterocycles. The largest absolute Gasteiger partial charge is 0.412 e. The predicted molar refractivity (Wildman–Crippen MR) is 47.1 cm³/mol. The maximum Gasteiger partial charge on any atom is 0 e. The second kappa shape index (κ2) is 365. The van der Waals surface area contributed by atoms with Crippen LogP contribution in [0.3, 0.4) is 0 Å². The Labute approximate surface area is 97.8 Å². The molecule has 0 aliphatic rings. The minimum absolute atomic E-state index is 0. The molecule has 0 radical (unpaired) electrons. The van der Waals surface area contributed by atoms with E-state index in [1.54, 1.807) is 0 Å². The van der Waals surface area contributed by atoms with Crippen molar-refractivity contribution in [3.8, 4) is 0 Å². The summed E-state index contributed by atoms with van der Waals surface area (Å²) in [5.41, 5.74) is 0. The van der Waals surface area contributed by atoms with E-state index in [1.807, 2.05) is 0 Å². The number of halogens is 4. The Bertz CT molecular complexity index is 13.6. The summed E-state index contributed by atoms with van der Waals surface area (Å²) in [7, 11) is 0. The first-order valence-corrected chi connectivity index (χ1v) is 0. The Morgan fingerprint density at radius 3 is 0.300 bits per heavy atom. The average Bonchev–Trinajstić information content (AvgIpc) is 0. The summed E-state index contributed by atoms with van der Waals surface area (Å²) in [5.74, 6) is 0. The summed E-state index contributed by atoms with van der Waals surface area (Å²) in [6.45, 7) is 0. The fraction of sp³-hybridized carbons (Fsp3) is 0. The molecule has 0 aromatic carbocycles. The molecule has 10 heavy (non-hydrogen) atoms. The van der Waals surface area contributed by atoms with Gasteiger partial charge in [0.2, 0.25) is 0 Å². The van der Waals surface area contributed by atoms with Gasteiger partial charge in [0.1, 0.15) is 0 Å². The molecule has 0 aromatic heterocycles. The number of hydrogen-bond donors (Lipinski definition) is 0. The summed E-state index contributed by atoms with van der Waals surface area (Å²) in [4.78, 5) is 0. The van der Waals surface area contributed by atoms with Crippen molar-refractivity contribution in [1.29, 1.82) is 0 Å². The van der Waals surface area contributed by atoms with Crippen LogP contribution in [0.2, 0.25) is 0 Å². The Hall–Kier alpha value is 1.65. The van der Waals surface area contributed by atoms with Crippen molar-refractivity contribution >= 4 is 49.6 Å². The van der Waals surface area contributed by atoms with Gasteiger partial charge >= 0.3 is 0 Å². The molecule has 0 aromatic rings. The first-order chi connectivity index (χ1) is 0. The standard InChI is InChI=1S/4ClH.5H2O.Pt/h4*1H;5*1H2;. The van der Waals surface area contributed by atoms with Crippen molar-refractivity contribution < 1.29 is 48.4 Å². The summed E-state index contributed by atoms with van der Waals surface area (Å²) in [6.07, 6.45) is 0. The molecular weight excluding hydrogens is 417 g/mol. The van der Waals surface area contributed by atoms with Crippen LogP contribution in [0.15, 0.2) is 0 Å². The fourth-order valence-corrected chi connectivity index (χ4v) is 0. The zero-order valence-electron chi connectivity index (χ0n) is 4.45. The van der Waals surface area contributed by atoms with Crippen molar-refractivity contribution in [3.05, 3.63) is 0 Å². The van der Waals surface area contributed by atoms with Crippen LogP contribution in [-0.2, 0) is 21.1 Å². The molecule has 0 saturated carbocycles. The van der Waals surface area contributed by atoms with Crippen molar-refractivity contribution in [2.24, 2.45) is 0 Å². The minimum atomic E-state index is 0. The zero-order chi connectivity index (χ0) is 0. The molecule has 0 heterocycles.